The minimum absolute atomic E-state index is 0.207. The van der Waals surface area contributed by atoms with E-state index in [4.69, 9.17) is 5.26 Å². The second-order valence-electron chi connectivity index (χ2n) is 5.74. The molecule has 3 aromatic heterocycles. The third-order valence-electron chi connectivity index (χ3n) is 4.05. The van der Waals surface area contributed by atoms with Gasteiger partial charge in [0.1, 0.15) is 16.5 Å². The van der Waals surface area contributed by atoms with Crippen LogP contribution in [0.4, 0.5) is 5.69 Å². The zero-order valence-electron chi connectivity index (χ0n) is 13.7. The van der Waals surface area contributed by atoms with E-state index >= 15 is 0 Å². The summed E-state index contributed by atoms with van der Waals surface area (Å²) in [4.78, 5) is 30.7. The molecule has 4 aromatic rings. The van der Waals surface area contributed by atoms with Crippen molar-refractivity contribution in [2.24, 2.45) is 0 Å². The van der Waals surface area contributed by atoms with Crippen molar-refractivity contribution in [3.05, 3.63) is 75.0 Å². The number of carbonyl (C=O) groups excluding carboxylic acids is 1. The van der Waals surface area contributed by atoms with Crippen LogP contribution in [0.3, 0.4) is 0 Å². The number of aryl methyl sites for hydroxylation is 1. The van der Waals surface area contributed by atoms with Crippen LogP contribution in [0.1, 0.15) is 20.8 Å². The van der Waals surface area contributed by atoms with Crippen molar-refractivity contribution < 1.29 is 4.79 Å². The SMILES string of the molecule is Cc1cccn2c(=O)c3cc(C(=O)Nc4ccccc4C#N)sc3nc12. The van der Waals surface area contributed by atoms with Gasteiger partial charge >= 0.3 is 0 Å². The lowest BCUT2D eigenvalue weighted by Crippen LogP contribution is -2.14. The summed E-state index contributed by atoms with van der Waals surface area (Å²) in [5, 5.41) is 12.3. The molecule has 0 aliphatic heterocycles. The Morgan fingerprint density at radius 3 is 2.88 bits per heavy atom. The van der Waals surface area contributed by atoms with Gasteiger partial charge in [-0.05, 0) is 36.8 Å². The summed E-state index contributed by atoms with van der Waals surface area (Å²) in [5.74, 6) is -0.374. The van der Waals surface area contributed by atoms with Gasteiger partial charge in [0.05, 0.1) is 21.5 Å². The van der Waals surface area contributed by atoms with E-state index < -0.39 is 0 Å². The molecule has 0 aliphatic rings. The van der Waals surface area contributed by atoms with E-state index in [-0.39, 0.29) is 11.5 Å². The number of aromatic nitrogens is 2. The zero-order chi connectivity index (χ0) is 18.3. The number of nitrogens with zero attached hydrogens (tertiary/aromatic N) is 3. The van der Waals surface area contributed by atoms with Gasteiger partial charge in [0.2, 0.25) is 0 Å². The van der Waals surface area contributed by atoms with Gasteiger partial charge in [-0.25, -0.2) is 4.98 Å². The minimum atomic E-state index is -0.374. The standard InChI is InChI=1S/C19H12N4O2S/c1-11-5-4-8-23-16(11)22-18-13(19(23)25)9-15(26-18)17(24)21-14-7-3-2-6-12(14)10-20/h2-9H,1H3,(H,21,24). The molecular weight excluding hydrogens is 348 g/mol. The molecule has 0 aliphatic carbocycles. The molecular formula is C19H12N4O2S. The van der Waals surface area contributed by atoms with Crippen LogP contribution in [-0.2, 0) is 0 Å². The Morgan fingerprint density at radius 1 is 1.27 bits per heavy atom. The summed E-state index contributed by atoms with van der Waals surface area (Å²) < 4.78 is 1.48. The predicted molar refractivity (Wildman–Crippen MR) is 101 cm³/mol. The molecule has 126 valence electrons. The summed E-state index contributed by atoms with van der Waals surface area (Å²) >= 11 is 1.16. The van der Waals surface area contributed by atoms with E-state index in [0.29, 0.717) is 32.0 Å². The highest BCUT2D eigenvalue weighted by Gasteiger charge is 2.16. The molecule has 1 amide bonds. The summed E-state index contributed by atoms with van der Waals surface area (Å²) in [6, 6.07) is 14.0. The number of nitrogens with one attached hydrogen (secondary N) is 1. The van der Waals surface area contributed by atoms with Crippen LogP contribution in [0.25, 0.3) is 15.9 Å². The lowest BCUT2D eigenvalue weighted by Gasteiger charge is -2.04. The smallest absolute Gasteiger partial charge is 0.266 e. The molecule has 0 saturated heterocycles. The van der Waals surface area contributed by atoms with Crippen LogP contribution >= 0.6 is 11.3 Å². The molecule has 0 fully saturated rings. The Kier molecular flexibility index (Phi) is 3.75. The number of para-hydroxylation sites is 1. The number of carbonyl (C=O) groups is 1. The molecule has 0 bridgehead atoms. The lowest BCUT2D eigenvalue weighted by molar-refractivity contribution is 0.103. The maximum absolute atomic E-state index is 12.7. The average Bonchev–Trinajstić information content (AvgIpc) is 3.08. The number of amides is 1. The van der Waals surface area contributed by atoms with Crippen molar-refractivity contribution in [3.8, 4) is 6.07 Å². The second kappa shape index (κ2) is 6.10. The average molecular weight is 360 g/mol. The second-order valence-corrected chi connectivity index (χ2v) is 6.77. The molecule has 4 rings (SSSR count). The van der Waals surface area contributed by atoms with Crippen LogP contribution in [0.15, 0.2) is 53.5 Å². The Hall–Kier alpha value is -3.50. The number of benzene rings is 1. The first-order chi connectivity index (χ1) is 12.6. The number of hydrogen-bond donors (Lipinski definition) is 1. The number of fused-ring (bicyclic) bond motifs is 2. The van der Waals surface area contributed by atoms with Gasteiger partial charge in [-0.2, -0.15) is 5.26 Å². The molecule has 0 atom stereocenters. The normalized spacial score (nSPS) is 10.8. The van der Waals surface area contributed by atoms with Gasteiger partial charge in [0.25, 0.3) is 11.5 Å². The van der Waals surface area contributed by atoms with E-state index in [2.05, 4.69) is 10.3 Å². The predicted octanol–water partition coefficient (Wildman–Crippen LogP) is 3.34. The summed E-state index contributed by atoms with van der Waals surface area (Å²) in [6.45, 7) is 1.88. The van der Waals surface area contributed by atoms with Crippen molar-refractivity contribution in [2.45, 2.75) is 6.92 Å². The molecule has 26 heavy (non-hydrogen) atoms. The van der Waals surface area contributed by atoms with Crippen LogP contribution in [0, 0.1) is 18.3 Å². The number of nitriles is 1. The van der Waals surface area contributed by atoms with E-state index in [9.17, 15) is 9.59 Å². The van der Waals surface area contributed by atoms with E-state index in [1.165, 1.54) is 4.40 Å². The minimum Gasteiger partial charge on any atom is -0.320 e. The molecule has 7 heteroatoms. The number of thiophene rings is 1. The third-order valence-corrected chi connectivity index (χ3v) is 5.08. The zero-order valence-corrected chi connectivity index (χ0v) is 14.5. The van der Waals surface area contributed by atoms with Crippen LogP contribution in [0.5, 0.6) is 0 Å². The van der Waals surface area contributed by atoms with Gasteiger partial charge < -0.3 is 5.32 Å². The first-order valence-electron chi connectivity index (χ1n) is 7.80. The Morgan fingerprint density at radius 2 is 2.08 bits per heavy atom. The van der Waals surface area contributed by atoms with E-state index in [1.807, 2.05) is 19.1 Å². The number of anilines is 1. The molecule has 1 N–H and O–H groups in total. The Labute approximate surface area is 152 Å². The van der Waals surface area contributed by atoms with Gasteiger partial charge in [-0.3, -0.25) is 14.0 Å². The Bertz CT molecular complexity index is 1280. The molecule has 6 nitrogen and oxygen atoms in total. The van der Waals surface area contributed by atoms with E-state index in [0.717, 1.165) is 16.9 Å². The highest BCUT2D eigenvalue weighted by atomic mass is 32.1. The maximum Gasteiger partial charge on any atom is 0.266 e. The fourth-order valence-electron chi connectivity index (χ4n) is 2.74. The van der Waals surface area contributed by atoms with Crippen LogP contribution < -0.4 is 10.9 Å². The van der Waals surface area contributed by atoms with Crippen molar-refractivity contribution >= 4 is 38.8 Å². The van der Waals surface area contributed by atoms with Crippen molar-refractivity contribution in [1.82, 2.24) is 9.38 Å². The summed E-state index contributed by atoms with van der Waals surface area (Å²) in [5.41, 5.74) is 2.06. The van der Waals surface area contributed by atoms with Crippen molar-refractivity contribution in [3.63, 3.8) is 0 Å². The molecule has 3 heterocycles. The van der Waals surface area contributed by atoms with Crippen LogP contribution in [0.2, 0.25) is 0 Å². The first-order valence-corrected chi connectivity index (χ1v) is 8.62. The quantitative estimate of drug-likeness (QED) is 0.594. The van der Waals surface area contributed by atoms with Crippen molar-refractivity contribution in [1.29, 1.82) is 5.26 Å². The van der Waals surface area contributed by atoms with Gasteiger partial charge in [-0.1, -0.05) is 18.2 Å². The topological polar surface area (TPSA) is 87.3 Å². The van der Waals surface area contributed by atoms with Gasteiger partial charge in [0, 0.05) is 6.20 Å². The number of rotatable bonds is 2. The lowest BCUT2D eigenvalue weighted by atomic mass is 10.2. The Balaban J connectivity index is 1.80. The monoisotopic (exact) mass is 360 g/mol. The van der Waals surface area contributed by atoms with Crippen LogP contribution in [-0.4, -0.2) is 15.3 Å². The highest BCUT2D eigenvalue weighted by molar-refractivity contribution is 7.20. The van der Waals surface area contributed by atoms with Crippen molar-refractivity contribution in [2.75, 3.05) is 5.32 Å². The molecule has 1 aromatic carbocycles. The molecule has 0 spiro atoms. The number of hydrogen-bond acceptors (Lipinski definition) is 5. The van der Waals surface area contributed by atoms with Gasteiger partial charge in [0.15, 0.2) is 0 Å². The van der Waals surface area contributed by atoms with Gasteiger partial charge in [-0.15, -0.1) is 11.3 Å². The highest BCUT2D eigenvalue weighted by Crippen LogP contribution is 2.24. The molecule has 0 radical (unpaired) electrons. The fraction of sp³-hybridized carbons (Fsp3) is 0.0526. The van der Waals surface area contributed by atoms with E-state index in [1.54, 1.807) is 42.6 Å². The summed E-state index contributed by atoms with van der Waals surface area (Å²) in [7, 11) is 0. The largest absolute Gasteiger partial charge is 0.320 e. The molecule has 0 unspecified atom stereocenters. The first kappa shape index (κ1) is 16.0. The maximum atomic E-state index is 12.7. The molecule has 0 saturated carbocycles. The number of pyridine rings is 1. The summed E-state index contributed by atoms with van der Waals surface area (Å²) in [6.07, 6.45) is 1.66. The fourth-order valence-corrected chi connectivity index (χ4v) is 3.66. The third kappa shape index (κ3) is 2.53.